The van der Waals surface area contributed by atoms with Gasteiger partial charge in [-0.15, -0.1) is 0 Å². The van der Waals surface area contributed by atoms with Crippen LogP contribution in [0.4, 0.5) is 13.2 Å². The molecule has 2 amide bonds. The van der Waals surface area contributed by atoms with E-state index in [2.05, 4.69) is 0 Å². The first-order valence-electron chi connectivity index (χ1n) is 3.68. The fourth-order valence-corrected chi connectivity index (χ4v) is 0.874. The molecule has 1 saturated heterocycles. The molecule has 1 fully saturated rings. The third kappa shape index (κ3) is 2.24. The Morgan fingerprint density at radius 2 is 1.64 bits per heavy atom. The zero-order valence-electron chi connectivity index (χ0n) is 7.16. The molecule has 0 unspecified atom stereocenters. The van der Waals surface area contributed by atoms with Crippen LogP contribution in [0.2, 0.25) is 0 Å². The molecule has 4 nitrogen and oxygen atoms in total. The van der Waals surface area contributed by atoms with Crippen LogP contribution >= 0.6 is 0 Å². The molecule has 0 spiro atoms. The molecule has 0 bridgehead atoms. The van der Waals surface area contributed by atoms with Crippen LogP contribution in [0.15, 0.2) is 11.4 Å². The first kappa shape index (κ1) is 10.6. The number of carbonyl (C=O) groups excluding carboxylic acids is 2. The van der Waals surface area contributed by atoms with Gasteiger partial charge < -0.3 is 10.6 Å². The molecular weight excluding hydrogens is 201 g/mol. The lowest BCUT2D eigenvalue weighted by molar-refractivity contribution is -0.131. The Morgan fingerprint density at radius 3 is 2.00 bits per heavy atom. The van der Waals surface area contributed by atoms with Crippen LogP contribution in [0.25, 0.3) is 0 Å². The van der Waals surface area contributed by atoms with E-state index in [-0.39, 0.29) is 0 Å². The van der Waals surface area contributed by atoms with Crippen LogP contribution in [0.5, 0.6) is 0 Å². The standard InChI is InChI=1S/C7H7F3N2O2/c1-3(7(8,9)10)6-11-4(13)2-5(14)12-6/h2H2,1H3,(H,11,13)(H,12,14). The highest BCUT2D eigenvalue weighted by molar-refractivity contribution is 6.01. The largest absolute Gasteiger partial charge is 0.415 e. The van der Waals surface area contributed by atoms with Crippen molar-refractivity contribution in [3.63, 3.8) is 0 Å². The van der Waals surface area contributed by atoms with Gasteiger partial charge in [0.25, 0.3) is 0 Å². The lowest BCUT2D eigenvalue weighted by atomic mass is 10.2. The molecule has 0 radical (unpaired) electrons. The van der Waals surface area contributed by atoms with Gasteiger partial charge in [0.2, 0.25) is 11.8 Å². The fourth-order valence-electron chi connectivity index (χ4n) is 0.874. The molecule has 1 rings (SSSR count). The van der Waals surface area contributed by atoms with Crippen molar-refractivity contribution in [3.8, 4) is 0 Å². The van der Waals surface area contributed by atoms with Gasteiger partial charge in [-0.25, -0.2) is 0 Å². The number of hydrogen-bond acceptors (Lipinski definition) is 2. The van der Waals surface area contributed by atoms with Crippen molar-refractivity contribution in [1.82, 2.24) is 10.6 Å². The molecule has 0 aromatic carbocycles. The Hall–Kier alpha value is -1.53. The number of amides is 2. The Morgan fingerprint density at radius 1 is 1.21 bits per heavy atom. The predicted molar refractivity (Wildman–Crippen MR) is 39.7 cm³/mol. The summed E-state index contributed by atoms with van der Waals surface area (Å²) in [6.45, 7) is 0.779. The van der Waals surface area contributed by atoms with Crippen LogP contribution in [0.3, 0.4) is 0 Å². The van der Waals surface area contributed by atoms with Gasteiger partial charge in [0.1, 0.15) is 12.2 Å². The van der Waals surface area contributed by atoms with Crippen molar-refractivity contribution in [2.45, 2.75) is 19.5 Å². The van der Waals surface area contributed by atoms with Gasteiger partial charge in [-0.05, 0) is 6.92 Å². The summed E-state index contributed by atoms with van der Waals surface area (Å²) >= 11 is 0. The minimum Gasteiger partial charge on any atom is -0.312 e. The van der Waals surface area contributed by atoms with E-state index >= 15 is 0 Å². The maximum Gasteiger partial charge on any atom is 0.415 e. The first-order valence-corrected chi connectivity index (χ1v) is 3.68. The van der Waals surface area contributed by atoms with Gasteiger partial charge in [-0.2, -0.15) is 13.2 Å². The van der Waals surface area contributed by atoms with E-state index in [0.717, 1.165) is 6.92 Å². The SMILES string of the molecule is CC(=C1NC(=O)CC(=O)N1)C(F)(F)F. The van der Waals surface area contributed by atoms with E-state index in [0.29, 0.717) is 0 Å². The van der Waals surface area contributed by atoms with E-state index in [9.17, 15) is 22.8 Å². The molecule has 0 saturated carbocycles. The van der Waals surface area contributed by atoms with Gasteiger partial charge in [-0.3, -0.25) is 9.59 Å². The van der Waals surface area contributed by atoms with Gasteiger partial charge >= 0.3 is 6.18 Å². The number of halogens is 3. The average molecular weight is 208 g/mol. The zero-order chi connectivity index (χ0) is 10.9. The van der Waals surface area contributed by atoms with Crippen LogP contribution in [-0.2, 0) is 9.59 Å². The van der Waals surface area contributed by atoms with Crippen molar-refractivity contribution in [3.05, 3.63) is 11.4 Å². The number of allylic oxidation sites excluding steroid dienone is 1. The third-order valence-corrected chi connectivity index (χ3v) is 1.65. The number of rotatable bonds is 0. The third-order valence-electron chi connectivity index (χ3n) is 1.65. The second-order valence-corrected chi connectivity index (χ2v) is 2.77. The summed E-state index contributed by atoms with van der Waals surface area (Å²) in [5.41, 5.74) is -1.03. The lowest BCUT2D eigenvalue weighted by Gasteiger charge is -2.20. The highest BCUT2D eigenvalue weighted by Gasteiger charge is 2.35. The molecule has 0 aromatic rings. The highest BCUT2D eigenvalue weighted by Crippen LogP contribution is 2.26. The number of alkyl halides is 3. The van der Waals surface area contributed by atoms with E-state index in [1.807, 2.05) is 10.6 Å². The Labute approximate surface area is 77.2 Å². The molecule has 7 heteroatoms. The van der Waals surface area contributed by atoms with Crippen molar-refractivity contribution in [2.24, 2.45) is 0 Å². The van der Waals surface area contributed by atoms with Crippen molar-refractivity contribution in [1.29, 1.82) is 0 Å². The Balaban J connectivity index is 2.97. The van der Waals surface area contributed by atoms with Gasteiger partial charge in [-0.1, -0.05) is 0 Å². The summed E-state index contributed by atoms with van der Waals surface area (Å²) in [6, 6.07) is 0. The second kappa shape index (κ2) is 3.32. The summed E-state index contributed by atoms with van der Waals surface area (Å²) in [6.07, 6.45) is -5.01. The van der Waals surface area contributed by atoms with Crippen molar-refractivity contribution < 1.29 is 22.8 Å². The van der Waals surface area contributed by atoms with Gasteiger partial charge in [0.05, 0.1) is 5.57 Å². The molecule has 14 heavy (non-hydrogen) atoms. The molecule has 2 N–H and O–H groups in total. The normalized spacial score (nSPS) is 17.6. The molecule has 1 heterocycles. The van der Waals surface area contributed by atoms with Gasteiger partial charge in [0.15, 0.2) is 0 Å². The minimum absolute atomic E-state index is 0.450. The van der Waals surface area contributed by atoms with Crippen LogP contribution < -0.4 is 10.6 Å². The molecule has 1 aliphatic heterocycles. The zero-order valence-corrected chi connectivity index (χ0v) is 7.16. The summed E-state index contributed by atoms with van der Waals surface area (Å²) < 4.78 is 36.4. The molecule has 0 aliphatic carbocycles. The quantitative estimate of drug-likeness (QED) is 0.566. The number of carbonyl (C=O) groups is 2. The van der Waals surface area contributed by atoms with E-state index in [1.54, 1.807) is 0 Å². The number of hydrogen-bond donors (Lipinski definition) is 2. The smallest absolute Gasteiger partial charge is 0.312 e. The summed E-state index contributed by atoms with van der Waals surface area (Å²) in [5.74, 6) is -2.07. The predicted octanol–water partition coefficient (Wildman–Crippen LogP) is 0.416. The van der Waals surface area contributed by atoms with Gasteiger partial charge in [0, 0.05) is 0 Å². The van der Waals surface area contributed by atoms with E-state index in [1.165, 1.54) is 0 Å². The van der Waals surface area contributed by atoms with E-state index < -0.39 is 35.8 Å². The fraction of sp³-hybridized carbons (Fsp3) is 0.429. The maximum absolute atomic E-state index is 12.1. The minimum atomic E-state index is -4.56. The first-order chi connectivity index (χ1) is 6.30. The summed E-state index contributed by atoms with van der Waals surface area (Å²) in [5, 5.41) is 3.88. The topological polar surface area (TPSA) is 58.2 Å². The molecule has 0 atom stereocenters. The summed E-state index contributed by atoms with van der Waals surface area (Å²) in [7, 11) is 0. The van der Waals surface area contributed by atoms with E-state index in [4.69, 9.17) is 0 Å². The van der Waals surface area contributed by atoms with Crippen LogP contribution in [-0.4, -0.2) is 18.0 Å². The molecule has 0 aromatic heterocycles. The average Bonchev–Trinajstić information content (AvgIpc) is 1.99. The van der Waals surface area contributed by atoms with Crippen LogP contribution in [0, 0.1) is 0 Å². The maximum atomic E-state index is 12.1. The Kier molecular flexibility index (Phi) is 2.50. The molecular formula is C7H7F3N2O2. The molecule has 78 valence electrons. The summed E-state index contributed by atoms with van der Waals surface area (Å²) in [4.78, 5) is 21.5. The van der Waals surface area contributed by atoms with Crippen LogP contribution in [0.1, 0.15) is 13.3 Å². The molecule has 1 aliphatic rings. The Bertz CT molecular complexity index is 301. The lowest BCUT2D eigenvalue weighted by Crippen LogP contribution is -2.45. The highest BCUT2D eigenvalue weighted by atomic mass is 19.4. The monoisotopic (exact) mass is 208 g/mol. The second-order valence-electron chi connectivity index (χ2n) is 2.77. The number of nitrogens with one attached hydrogen (secondary N) is 2. The van der Waals surface area contributed by atoms with Crippen molar-refractivity contribution in [2.75, 3.05) is 0 Å². The van der Waals surface area contributed by atoms with Crippen molar-refractivity contribution >= 4 is 11.8 Å².